The molecule has 0 N–H and O–H groups in total. The number of nitrogens with zero attached hydrogens (tertiary/aromatic N) is 6. The van der Waals surface area contributed by atoms with E-state index in [2.05, 4.69) is 19.8 Å². The number of nitriles is 2. The maximum atomic E-state index is 13.7. The van der Waals surface area contributed by atoms with E-state index in [1.165, 1.54) is 38.1 Å². The second-order valence-corrected chi connectivity index (χ2v) is 13.3. The summed E-state index contributed by atoms with van der Waals surface area (Å²) >= 11 is 0. The molecule has 6 rings (SSSR count). The van der Waals surface area contributed by atoms with Gasteiger partial charge in [0.05, 0.1) is 45.8 Å². The fourth-order valence-electron chi connectivity index (χ4n) is 7.39. The number of benzene rings is 2. The maximum Gasteiger partial charge on any atom is 2.00 e. The molecule has 1 radical (unpaired) electrons. The van der Waals surface area contributed by atoms with Gasteiger partial charge in [-0.3, -0.25) is 19.8 Å². The van der Waals surface area contributed by atoms with Crippen molar-refractivity contribution in [2.75, 3.05) is 13.1 Å². The Kier molecular flexibility index (Phi) is 16.5. The fourth-order valence-corrected chi connectivity index (χ4v) is 7.39. The molecule has 2 fully saturated rings. The van der Waals surface area contributed by atoms with Gasteiger partial charge in [0.2, 0.25) is 0 Å². The number of alkyl halides is 12. The van der Waals surface area contributed by atoms with Gasteiger partial charge in [0.1, 0.15) is 0 Å². The van der Waals surface area contributed by atoms with E-state index < -0.39 is 58.1 Å². The predicted molar refractivity (Wildman–Crippen MR) is 189 cm³/mol. The summed E-state index contributed by atoms with van der Waals surface area (Å²) in [7, 11) is 0. The molecule has 2 aromatic heterocycles. The van der Waals surface area contributed by atoms with E-state index in [1.807, 2.05) is 0 Å². The molecular weight excluding hydrogens is 847 g/mol. The number of aromatic nitrogens is 2. The van der Waals surface area contributed by atoms with Crippen molar-refractivity contribution >= 4 is 0 Å². The third kappa shape index (κ3) is 12.2. The Hall–Kier alpha value is -4.68. The van der Waals surface area contributed by atoms with Gasteiger partial charge >= 0.3 is 41.8 Å². The van der Waals surface area contributed by atoms with Crippen molar-refractivity contribution in [3.8, 4) is 34.4 Å². The first-order valence-electron chi connectivity index (χ1n) is 17.7. The predicted octanol–water partition coefficient (Wildman–Crippen LogP) is 11.6. The van der Waals surface area contributed by atoms with Crippen molar-refractivity contribution < 1.29 is 69.8 Å². The minimum atomic E-state index is -5.03. The van der Waals surface area contributed by atoms with Crippen molar-refractivity contribution in [1.29, 1.82) is 10.5 Å². The Morgan fingerprint density at radius 3 is 1.07 bits per heavy atom. The molecule has 2 atom stereocenters. The van der Waals surface area contributed by atoms with Crippen molar-refractivity contribution in [2.45, 2.75) is 89.4 Å². The molecule has 0 spiro atoms. The first-order valence-corrected chi connectivity index (χ1v) is 17.7. The molecule has 0 bridgehead atoms. The summed E-state index contributed by atoms with van der Waals surface area (Å²) in [6.07, 6.45) is -14.8. The van der Waals surface area contributed by atoms with Crippen LogP contribution >= 0.6 is 0 Å². The number of halogens is 12. The van der Waals surface area contributed by atoms with Gasteiger partial charge in [0.15, 0.2) is 0 Å². The Morgan fingerprint density at radius 1 is 0.542 bits per heavy atom. The monoisotopic (exact) mass is 883 g/mol. The molecule has 0 aliphatic carbocycles. The normalized spacial score (nSPS) is 17.4. The van der Waals surface area contributed by atoms with Crippen LogP contribution in [0.4, 0.5) is 52.7 Å². The zero-order valence-corrected chi connectivity index (χ0v) is 32.5. The maximum absolute atomic E-state index is 13.7. The Bertz CT molecular complexity index is 1850. The minimum Gasteiger partial charge on any atom is -0.293 e. The molecule has 2 aliphatic heterocycles. The standard InChI is InChI=1S/C36H30F12N4.2C2H3N.Mn/c37-33(38,39)25-5-1-6-26(34(40,41)42)31(25)21-11-13-23(49-17-21)19-51-15-3-9-29(51)30-10-4-16-52(30)20-24-14-12-22(18-50-24)32-27(35(43,44)45)7-2-8-28(32)36(46,47)48;2*1-2-3;/h1-2,5-8,11-14,17-18,29-30H,3-4,9-10,15-16,19-20H2;2*1H3;/q;;;+2/t29-,30-;;;/m1.../s1. The van der Waals surface area contributed by atoms with E-state index in [4.69, 9.17) is 10.5 Å². The molecule has 0 amide bonds. The summed E-state index contributed by atoms with van der Waals surface area (Å²) in [4.78, 5) is 12.8. The molecular formula is C40H36F12MnN6+2. The Morgan fingerprint density at radius 2 is 0.831 bits per heavy atom. The molecule has 2 aromatic carbocycles. The second-order valence-electron chi connectivity index (χ2n) is 13.3. The molecule has 4 heterocycles. The smallest absolute Gasteiger partial charge is 0.293 e. The van der Waals surface area contributed by atoms with E-state index in [0.717, 1.165) is 38.1 Å². The van der Waals surface area contributed by atoms with Crippen LogP contribution in [-0.2, 0) is 54.9 Å². The molecule has 6 nitrogen and oxygen atoms in total. The molecule has 4 aromatic rings. The van der Waals surface area contributed by atoms with Crippen molar-refractivity contribution in [2.24, 2.45) is 0 Å². The van der Waals surface area contributed by atoms with Crippen LogP contribution in [-0.4, -0.2) is 44.9 Å². The zero-order chi connectivity index (χ0) is 43.1. The molecule has 0 unspecified atom stereocenters. The summed E-state index contributed by atoms with van der Waals surface area (Å²) in [6.45, 7) is 4.77. The van der Waals surface area contributed by atoms with Gasteiger partial charge in [-0.25, -0.2) is 0 Å². The largest absolute Gasteiger partial charge is 2.00 e. The third-order valence-electron chi connectivity index (χ3n) is 9.58. The summed E-state index contributed by atoms with van der Waals surface area (Å²) in [6, 6.07) is 12.6. The van der Waals surface area contributed by atoms with Crippen LogP contribution in [0.3, 0.4) is 0 Å². The number of hydrogen-bond donors (Lipinski definition) is 0. The van der Waals surface area contributed by atoms with E-state index in [9.17, 15) is 52.7 Å². The summed E-state index contributed by atoms with van der Waals surface area (Å²) < 4.78 is 165. The fraction of sp³-hybridized carbons (Fsp3) is 0.400. The zero-order valence-electron chi connectivity index (χ0n) is 31.3. The van der Waals surface area contributed by atoms with Gasteiger partial charge in [-0.15, -0.1) is 0 Å². The molecule has 2 saturated heterocycles. The SMILES string of the molecule is CC#N.CC#N.FC(F)(F)c1cccc(C(F)(F)F)c1-c1ccc(CN2CCC[C@@H]2[C@H]2CCCN2Cc2ccc(-c3c(C(F)(F)F)cccc3C(F)(F)F)cn2)nc1.[Mn+2]. The van der Waals surface area contributed by atoms with E-state index in [1.54, 1.807) is 12.1 Å². The van der Waals surface area contributed by atoms with Gasteiger partial charge in [-0.2, -0.15) is 63.2 Å². The van der Waals surface area contributed by atoms with Crippen molar-refractivity contribution in [3.05, 3.63) is 107 Å². The Balaban J connectivity index is 0.00000125. The van der Waals surface area contributed by atoms with Crippen molar-refractivity contribution in [1.82, 2.24) is 19.8 Å². The van der Waals surface area contributed by atoms with Crippen molar-refractivity contribution in [3.63, 3.8) is 0 Å². The van der Waals surface area contributed by atoms with Gasteiger partial charge in [-0.05, 0) is 75.2 Å². The van der Waals surface area contributed by atoms with Crippen LogP contribution in [0.1, 0.15) is 73.2 Å². The van der Waals surface area contributed by atoms with Gasteiger partial charge in [0.25, 0.3) is 0 Å². The summed E-state index contributed by atoms with van der Waals surface area (Å²) in [5, 5.41) is 14.6. The topological polar surface area (TPSA) is 79.8 Å². The average molecular weight is 884 g/mol. The molecule has 19 heteroatoms. The number of pyridine rings is 2. The first kappa shape index (κ1) is 48.7. The van der Waals surface area contributed by atoms with Crippen LogP contribution in [0.15, 0.2) is 73.1 Å². The number of hydrogen-bond acceptors (Lipinski definition) is 6. The molecule has 59 heavy (non-hydrogen) atoms. The van der Waals surface area contributed by atoms with Crippen LogP contribution in [0.2, 0.25) is 0 Å². The average Bonchev–Trinajstić information content (AvgIpc) is 3.80. The summed E-state index contributed by atoms with van der Waals surface area (Å²) in [5.41, 5.74) is -7.39. The van der Waals surface area contributed by atoms with E-state index in [-0.39, 0.29) is 53.4 Å². The second kappa shape index (κ2) is 20.1. The molecule has 315 valence electrons. The summed E-state index contributed by atoms with van der Waals surface area (Å²) in [5.74, 6) is 0. The van der Waals surface area contributed by atoms with Gasteiger partial charge < -0.3 is 0 Å². The Labute approximate surface area is 342 Å². The van der Waals surface area contributed by atoms with Crippen LogP contribution in [0.25, 0.3) is 22.3 Å². The van der Waals surface area contributed by atoms with Crippen LogP contribution in [0, 0.1) is 22.7 Å². The van der Waals surface area contributed by atoms with Crippen LogP contribution < -0.4 is 0 Å². The van der Waals surface area contributed by atoms with Gasteiger partial charge in [-0.1, -0.05) is 24.3 Å². The number of likely N-dealkylation sites (tertiary alicyclic amines) is 2. The van der Waals surface area contributed by atoms with Crippen LogP contribution in [0.5, 0.6) is 0 Å². The van der Waals surface area contributed by atoms with E-state index in [0.29, 0.717) is 60.9 Å². The third-order valence-corrected chi connectivity index (χ3v) is 9.58. The van der Waals surface area contributed by atoms with Gasteiger partial charge in [0, 0.05) is 73.7 Å². The quantitative estimate of drug-likeness (QED) is 0.136. The first-order chi connectivity index (χ1) is 27.1. The molecule has 2 aliphatic rings. The van der Waals surface area contributed by atoms with E-state index >= 15 is 0 Å². The number of rotatable bonds is 7. The molecule has 0 saturated carbocycles. The minimum absolute atomic E-state index is 0.